The van der Waals surface area contributed by atoms with Crippen LogP contribution in [0.25, 0.3) is 0 Å². The van der Waals surface area contributed by atoms with E-state index in [9.17, 15) is 22.4 Å². The predicted molar refractivity (Wildman–Crippen MR) is 58.3 cm³/mol. The molecule has 1 aromatic rings. The zero-order chi connectivity index (χ0) is 13.8. The van der Waals surface area contributed by atoms with Gasteiger partial charge in [-0.05, 0) is 31.2 Å². The van der Waals surface area contributed by atoms with E-state index >= 15 is 0 Å². The van der Waals surface area contributed by atoms with Crippen LogP contribution in [0.5, 0.6) is 0 Å². The van der Waals surface area contributed by atoms with Gasteiger partial charge in [-0.25, -0.2) is 4.39 Å². The molecule has 1 aromatic carbocycles. The summed E-state index contributed by atoms with van der Waals surface area (Å²) in [5.74, 6) is -1.48. The van der Waals surface area contributed by atoms with E-state index in [1.807, 2.05) is 0 Å². The molecule has 1 amide bonds. The van der Waals surface area contributed by atoms with E-state index in [4.69, 9.17) is 5.73 Å². The molecule has 0 aliphatic heterocycles. The number of rotatable bonds is 4. The summed E-state index contributed by atoms with van der Waals surface area (Å²) in [5, 5.41) is 2.09. The molecule has 0 bridgehead atoms. The van der Waals surface area contributed by atoms with Gasteiger partial charge in [0.25, 0.3) is 0 Å². The monoisotopic (exact) mass is 264 g/mol. The Labute approximate surface area is 101 Å². The maximum Gasteiger partial charge on any atom is 0.416 e. The quantitative estimate of drug-likeness (QED) is 0.821. The molecular weight excluding hydrogens is 252 g/mol. The topological polar surface area (TPSA) is 55.1 Å². The van der Waals surface area contributed by atoms with Crippen molar-refractivity contribution in [2.75, 3.05) is 11.9 Å². The zero-order valence-electron chi connectivity index (χ0n) is 9.35. The molecule has 1 rings (SSSR count). The standard InChI is InChI=1S/C11H12F4N2O/c12-8-4-3-7(11(13,14)15)6-9(8)17-10(18)2-1-5-16/h3-4,6H,1-2,5,16H2,(H,17,18). The van der Waals surface area contributed by atoms with Crippen LogP contribution < -0.4 is 11.1 Å². The van der Waals surface area contributed by atoms with E-state index in [-0.39, 0.29) is 13.0 Å². The fourth-order valence-corrected chi connectivity index (χ4v) is 1.27. The van der Waals surface area contributed by atoms with Crippen molar-refractivity contribution < 1.29 is 22.4 Å². The second-order valence-electron chi connectivity index (χ2n) is 3.63. The van der Waals surface area contributed by atoms with E-state index in [2.05, 4.69) is 5.32 Å². The van der Waals surface area contributed by atoms with Crippen LogP contribution in [-0.4, -0.2) is 12.5 Å². The minimum Gasteiger partial charge on any atom is -0.330 e. The van der Waals surface area contributed by atoms with Gasteiger partial charge in [0.05, 0.1) is 11.3 Å². The highest BCUT2D eigenvalue weighted by Gasteiger charge is 2.31. The number of carbonyl (C=O) groups excluding carboxylic acids is 1. The highest BCUT2D eigenvalue weighted by Crippen LogP contribution is 2.31. The molecule has 0 radical (unpaired) electrons. The SMILES string of the molecule is NCCCC(=O)Nc1cc(C(F)(F)F)ccc1F. The number of carbonyl (C=O) groups is 1. The number of halogens is 4. The molecule has 3 nitrogen and oxygen atoms in total. The summed E-state index contributed by atoms with van der Waals surface area (Å²) in [7, 11) is 0. The molecule has 0 aliphatic rings. The highest BCUT2D eigenvalue weighted by atomic mass is 19.4. The molecule has 0 aromatic heterocycles. The Balaban J connectivity index is 2.85. The van der Waals surface area contributed by atoms with Crippen molar-refractivity contribution in [3.05, 3.63) is 29.6 Å². The number of nitrogens with two attached hydrogens (primary N) is 1. The normalized spacial score (nSPS) is 11.4. The number of benzene rings is 1. The first-order chi connectivity index (χ1) is 8.34. The molecule has 0 fully saturated rings. The number of hydrogen-bond acceptors (Lipinski definition) is 2. The van der Waals surface area contributed by atoms with Crippen LogP contribution in [0.2, 0.25) is 0 Å². The third-order valence-electron chi connectivity index (χ3n) is 2.18. The minimum absolute atomic E-state index is 0.0339. The van der Waals surface area contributed by atoms with E-state index in [1.165, 1.54) is 0 Å². The van der Waals surface area contributed by atoms with Crippen LogP contribution in [0, 0.1) is 5.82 Å². The van der Waals surface area contributed by atoms with Gasteiger partial charge in [-0.2, -0.15) is 13.2 Å². The molecular formula is C11H12F4N2O. The van der Waals surface area contributed by atoms with E-state index < -0.39 is 29.2 Å². The fraction of sp³-hybridized carbons (Fsp3) is 0.364. The van der Waals surface area contributed by atoms with Gasteiger partial charge in [-0.3, -0.25) is 4.79 Å². The third-order valence-corrected chi connectivity index (χ3v) is 2.18. The average Bonchev–Trinajstić information content (AvgIpc) is 2.28. The van der Waals surface area contributed by atoms with E-state index in [0.29, 0.717) is 24.6 Å². The summed E-state index contributed by atoms with van der Waals surface area (Å²) in [6.45, 7) is 0.276. The van der Waals surface area contributed by atoms with Crippen LogP contribution in [0.3, 0.4) is 0 Å². The van der Waals surface area contributed by atoms with Crippen molar-refractivity contribution in [1.29, 1.82) is 0 Å². The Morgan fingerprint density at radius 3 is 2.56 bits per heavy atom. The number of amides is 1. The third kappa shape index (κ3) is 3.99. The lowest BCUT2D eigenvalue weighted by atomic mass is 10.2. The van der Waals surface area contributed by atoms with Crippen LogP contribution in [0.1, 0.15) is 18.4 Å². The summed E-state index contributed by atoms with van der Waals surface area (Å²) in [6.07, 6.45) is -4.16. The van der Waals surface area contributed by atoms with Gasteiger partial charge in [0.2, 0.25) is 5.91 Å². The Morgan fingerprint density at radius 1 is 1.33 bits per heavy atom. The van der Waals surface area contributed by atoms with Crippen molar-refractivity contribution in [1.82, 2.24) is 0 Å². The molecule has 0 heterocycles. The van der Waals surface area contributed by atoms with Gasteiger partial charge >= 0.3 is 6.18 Å². The molecule has 0 spiro atoms. The van der Waals surface area contributed by atoms with Gasteiger partial charge < -0.3 is 11.1 Å². The van der Waals surface area contributed by atoms with E-state index in [0.717, 1.165) is 0 Å². The molecule has 0 aliphatic carbocycles. The van der Waals surface area contributed by atoms with Gasteiger partial charge in [-0.15, -0.1) is 0 Å². The minimum atomic E-state index is -4.58. The van der Waals surface area contributed by atoms with Crippen molar-refractivity contribution in [2.24, 2.45) is 5.73 Å². The second-order valence-corrected chi connectivity index (χ2v) is 3.63. The maximum absolute atomic E-state index is 13.2. The van der Waals surface area contributed by atoms with Crippen molar-refractivity contribution in [2.45, 2.75) is 19.0 Å². The smallest absolute Gasteiger partial charge is 0.330 e. The van der Waals surface area contributed by atoms with Crippen LogP contribution >= 0.6 is 0 Å². The first kappa shape index (κ1) is 14.4. The molecule has 7 heteroatoms. The number of nitrogens with one attached hydrogen (secondary N) is 1. The maximum atomic E-state index is 13.2. The van der Waals surface area contributed by atoms with Crippen LogP contribution in [0.15, 0.2) is 18.2 Å². The largest absolute Gasteiger partial charge is 0.416 e. The summed E-state index contributed by atoms with van der Waals surface area (Å²) in [5.41, 5.74) is 3.68. The van der Waals surface area contributed by atoms with Crippen molar-refractivity contribution in [3.63, 3.8) is 0 Å². The average molecular weight is 264 g/mol. The first-order valence-corrected chi connectivity index (χ1v) is 5.21. The number of anilines is 1. The fourth-order valence-electron chi connectivity index (χ4n) is 1.27. The van der Waals surface area contributed by atoms with Gasteiger partial charge in [0.15, 0.2) is 0 Å². The molecule has 3 N–H and O–H groups in total. The lowest BCUT2D eigenvalue weighted by molar-refractivity contribution is -0.137. The predicted octanol–water partition coefficient (Wildman–Crippen LogP) is 2.52. The van der Waals surface area contributed by atoms with Crippen molar-refractivity contribution in [3.8, 4) is 0 Å². The summed E-state index contributed by atoms with van der Waals surface area (Å²) in [6, 6.07) is 1.85. The Bertz CT molecular complexity index is 432. The van der Waals surface area contributed by atoms with Crippen LogP contribution in [-0.2, 0) is 11.0 Å². The van der Waals surface area contributed by atoms with Gasteiger partial charge in [-0.1, -0.05) is 0 Å². The number of alkyl halides is 3. The highest BCUT2D eigenvalue weighted by molar-refractivity contribution is 5.90. The zero-order valence-corrected chi connectivity index (χ0v) is 9.35. The van der Waals surface area contributed by atoms with Crippen molar-refractivity contribution >= 4 is 11.6 Å². The molecule has 0 atom stereocenters. The van der Waals surface area contributed by atoms with Crippen LogP contribution in [0.4, 0.5) is 23.2 Å². The first-order valence-electron chi connectivity index (χ1n) is 5.21. The lowest BCUT2D eigenvalue weighted by Crippen LogP contribution is -2.15. The molecule has 0 saturated carbocycles. The lowest BCUT2D eigenvalue weighted by Gasteiger charge is -2.10. The molecule has 0 unspecified atom stereocenters. The summed E-state index contributed by atoms with van der Waals surface area (Å²) < 4.78 is 50.4. The number of hydrogen-bond donors (Lipinski definition) is 2. The Kier molecular flexibility index (Phi) is 4.66. The van der Waals surface area contributed by atoms with Gasteiger partial charge in [0, 0.05) is 6.42 Å². The molecule has 100 valence electrons. The van der Waals surface area contributed by atoms with Gasteiger partial charge in [0.1, 0.15) is 5.82 Å². The second kappa shape index (κ2) is 5.81. The summed E-state index contributed by atoms with van der Waals surface area (Å²) in [4.78, 5) is 11.3. The molecule has 18 heavy (non-hydrogen) atoms. The Hall–Kier alpha value is -1.63. The Morgan fingerprint density at radius 2 is 2.00 bits per heavy atom. The van der Waals surface area contributed by atoms with E-state index in [1.54, 1.807) is 0 Å². The molecule has 0 saturated heterocycles. The summed E-state index contributed by atoms with van der Waals surface area (Å²) >= 11 is 0.